The molecule has 5 heteroatoms. The third-order valence-electron chi connectivity index (χ3n) is 4.59. The van der Waals surface area contributed by atoms with Crippen molar-refractivity contribution in [3.63, 3.8) is 0 Å². The number of hydrogen-bond acceptors (Lipinski definition) is 2. The number of aliphatic carboxylic acids is 1. The smallest absolute Gasteiger partial charge is 0.363 e. The van der Waals surface area contributed by atoms with Crippen molar-refractivity contribution >= 4 is 5.97 Å². The summed E-state index contributed by atoms with van der Waals surface area (Å²) in [6, 6.07) is 18.9. The molecule has 2 aromatic carbocycles. The molecule has 1 saturated heterocycles. The van der Waals surface area contributed by atoms with Gasteiger partial charge < -0.3 is 27.9 Å². The summed E-state index contributed by atoms with van der Waals surface area (Å²) >= 11 is 0. The van der Waals surface area contributed by atoms with Crippen LogP contribution in [0.5, 0.6) is 0 Å². The SMILES string of the molecule is O=C(O)[C@@H]1[NH2+][C@H](c2ccccc2)[C@H](CO)[C@H]1c1ccccc1.[Cl-]. The standard InChI is InChI=1S/C18H19NO3.ClH/c20-11-14-15(12-7-3-1-4-8-12)17(18(21)22)19-16(14)13-9-5-2-6-10-13;/h1-10,14-17,19-20H,11H2,(H,21,22);1H/t14-,15-,16-,17-;/m1./s1. The molecule has 0 bridgehead atoms. The van der Waals surface area contributed by atoms with Gasteiger partial charge in [-0.1, -0.05) is 60.7 Å². The minimum atomic E-state index is -0.828. The topological polar surface area (TPSA) is 74.1 Å². The molecule has 4 nitrogen and oxygen atoms in total. The second-order valence-corrected chi connectivity index (χ2v) is 5.78. The van der Waals surface area contributed by atoms with Crippen LogP contribution in [0, 0.1) is 5.92 Å². The summed E-state index contributed by atoms with van der Waals surface area (Å²) in [5.74, 6) is -1.15. The molecule has 0 unspecified atom stereocenters. The average molecular weight is 334 g/mol. The van der Waals surface area contributed by atoms with Gasteiger partial charge in [0, 0.05) is 5.56 Å². The first-order valence-electron chi connectivity index (χ1n) is 7.51. The van der Waals surface area contributed by atoms with Gasteiger partial charge in [-0.3, -0.25) is 0 Å². The normalized spacial score (nSPS) is 26.5. The molecular weight excluding hydrogens is 314 g/mol. The minimum absolute atomic E-state index is 0. The summed E-state index contributed by atoms with van der Waals surface area (Å²) < 4.78 is 0. The lowest BCUT2D eigenvalue weighted by Gasteiger charge is -2.19. The molecule has 23 heavy (non-hydrogen) atoms. The summed E-state index contributed by atoms with van der Waals surface area (Å²) in [6.07, 6.45) is 0. The lowest BCUT2D eigenvalue weighted by molar-refractivity contribution is -0.701. The third kappa shape index (κ3) is 3.39. The Morgan fingerprint density at radius 1 is 0.957 bits per heavy atom. The molecule has 0 radical (unpaired) electrons. The molecule has 0 amide bonds. The number of nitrogens with two attached hydrogens (primary N) is 1. The van der Waals surface area contributed by atoms with Gasteiger partial charge in [-0.2, -0.15) is 0 Å². The van der Waals surface area contributed by atoms with Gasteiger partial charge in [0.15, 0.2) is 6.04 Å². The fourth-order valence-electron chi connectivity index (χ4n) is 3.60. The van der Waals surface area contributed by atoms with Gasteiger partial charge >= 0.3 is 5.97 Å². The predicted octanol–water partition coefficient (Wildman–Crippen LogP) is -1.85. The number of rotatable bonds is 4. The lowest BCUT2D eigenvalue weighted by atomic mass is 9.80. The highest BCUT2D eigenvalue weighted by Gasteiger charge is 2.51. The van der Waals surface area contributed by atoms with Crippen LogP contribution >= 0.6 is 0 Å². The first kappa shape index (κ1) is 17.5. The summed E-state index contributed by atoms with van der Waals surface area (Å²) in [6.45, 7) is -0.0284. The zero-order chi connectivity index (χ0) is 15.5. The number of halogens is 1. The van der Waals surface area contributed by atoms with Crippen molar-refractivity contribution in [2.45, 2.75) is 18.0 Å². The molecule has 1 fully saturated rings. The number of benzene rings is 2. The zero-order valence-corrected chi connectivity index (χ0v) is 13.3. The van der Waals surface area contributed by atoms with Crippen molar-refractivity contribution in [3.05, 3.63) is 71.8 Å². The van der Waals surface area contributed by atoms with Crippen LogP contribution in [0.3, 0.4) is 0 Å². The average Bonchev–Trinajstić information content (AvgIpc) is 2.96. The number of hydrogen-bond donors (Lipinski definition) is 3. The van der Waals surface area contributed by atoms with Crippen LogP contribution in [0.2, 0.25) is 0 Å². The molecule has 4 N–H and O–H groups in total. The first-order valence-corrected chi connectivity index (χ1v) is 7.51. The van der Waals surface area contributed by atoms with Crippen LogP contribution in [0.25, 0.3) is 0 Å². The van der Waals surface area contributed by atoms with E-state index in [1.807, 2.05) is 66.0 Å². The highest BCUT2D eigenvalue weighted by atomic mass is 35.5. The maximum atomic E-state index is 11.7. The fraction of sp³-hybridized carbons (Fsp3) is 0.278. The first-order chi connectivity index (χ1) is 10.7. The highest BCUT2D eigenvalue weighted by molar-refractivity contribution is 5.73. The van der Waals surface area contributed by atoms with Gasteiger partial charge in [0.25, 0.3) is 0 Å². The van der Waals surface area contributed by atoms with E-state index >= 15 is 0 Å². The maximum absolute atomic E-state index is 11.7. The summed E-state index contributed by atoms with van der Waals surface area (Å²) in [5.41, 5.74) is 2.04. The van der Waals surface area contributed by atoms with Gasteiger partial charge in [-0.05, 0) is 5.56 Å². The number of aliphatic hydroxyl groups is 1. The number of carbonyl (C=O) groups is 1. The fourth-order valence-corrected chi connectivity index (χ4v) is 3.60. The number of aliphatic hydroxyl groups excluding tert-OH is 1. The predicted molar refractivity (Wildman–Crippen MR) is 82.3 cm³/mol. The Morgan fingerprint density at radius 3 is 1.96 bits per heavy atom. The quantitative estimate of drug-likeness (QED) is 0.615. The van der Waals surface area contributed by atoms with E-state index in [0.717, 1.165) is 11.1 Å². The van der Waals surface area contributed by atoms with Gasteiger partial charge in [-0.15, -0.1) is 0 Å². The molecule has 1 aliphatic heterocycles. The van der Waals surface area contributed by atoms with E-state index in [2.05, 4.69) is 0 Å². The Morgan fingerprint density at radius 2 is 1.48 bits per heavy atom. The molecule has 4 atom stereocenters. The van der Waals surface area contributed by atoms with E-state index in [1.165, 1.54) is 0 Å². The summed E-state index contributed by atoms with van der Waals surface area (Å²) in [5, 5.41) is 21.4. The number of carboxylic acids is 1. The number of quaternary nitrogens is 1. The van der Waals surface area contributed by atoms with Crippen LogP contribution in [0.1, 0.15) is 23.1 Å². The van der Waals surface area contributed by atoms with Crippen molar-refractivity contribution < 1.29 is 32.7 Å². The van der Waals surface area contributed by atoms with E-state index < -0.39 is 12.0 Å². The highest BCUT2D eigenvalue weighted by Crippen LogP contribution is 2.38. The molecule has 0 aromatic heterocycles. The molecule has 0 spiro atoms. The Bertz CT molecular complexity index is 635. The second-order valence-electron chi connectivity index (χ2n) is 5.78. The molecule has 1 heterocycles. The van der Waals surface area contributed by atoms with Crippen molar-refractivity contribution in [3.8, 4) is 0 Å². The summed E-state index contributed by atoms with van der Waals surface area (Å²) in [4.78, 5) is 11.7. The molecule has 0 aliphatic carbocycles. The molecule has 3 rings (SSSR count). The van der Waals surface area contributed by atoms with Crippen molar-refractivity contribution in [1.82, 2.24) is 0 Å². The van der Waals surface area contributed by atoms with E-state index in [4.69, 9.17) is 0 Å². The molecule has 122 valence electrons. The third-order valence-corrected chi connectivity index (χ3v) is 4.59. The Hall–Kier alpha value is -1.88. The second kappa shape index (κ2) is 7.59. The van der Waals surface area contributed by atoms with Crippen LogP contribution in [-0.2, 0) is 4.79 Å². The van der Waals surface area contributed by atoms with Crippen LogP contribution in [-0.4, -0.2) is 28.8 Å². The number of carboxylic acid groups (broad SMARTS) is 1. The van der Waals surface area contributed by atoms with Crippen LogP contribution in [0.4, 0.5) is 0 Å². The minimum Gasteiger partial charge on any atom is -1.00 e. The van der Waals surface area contributed by atoms with E-state index in [0.29, 0.717) is 0 Å². The van der Waals surface area contributed by atoms with Gasteiger partial charge in [0.2, 0.25) is 0 Å². The monoisotopic (exact) mass is 333 g/mol. The molecule has 0 saturated carbocycles. The van der Waals surface area contributed by atoms with E-state index in [-0.39, 0.29) is 36.9 Å². The summed E-state index contributed by atoms with van der Waals surface area (Å²) in [7, 11) is 0. The molecule has 2 aromatic rings. The van der Waals surface area contributed by atoms with Gasteiger partial charge in [0.05, 0.1) is 18.4 Å². The van der Waals surface area contributed by atoms with Crippen molar-refractivity contribution in [2.24, 2.45) is 5.92 Å². The van der Waals surface area contributed by atoms with Crippen molar-refractivity contribution in [1.29, 1.82) is 0 Å². The molecular formula is C18H20ClNO3. The molecule has 1 aliphatic rings. The Labute approximate surface area is 141 Å². The van der Waals surface area contributed by atoms with E-state index in [9.17, 15) is 15.0 Å². The van der Waals surface area contributed by atoms with E-state index in [1.54, 1.807) is 0 Å². The van der Waals surface area contributed by atoms with Gasteiger partial charge in [0.1, 0.15) is 6.04 Å². The van der Waals surface area contributed by atoms with Crippen LogP contribution < -0.4 is 17.7 Å². The van der Waals surface area contributed by atoms with Gasteiger partial charge in [-0.25, -0.2) is 4.79 Å². The lowest BCUT2D eigenvalue weighted by Crippen LogP contribution is -3.00. The zero-order valence-electron chi connectivity index (χ0n) is 12.5. The maximum Gasteiger partial charge on any atom is 0.363 e. The van der Waals surface area contributed by atoms with Crippen molar-refractivity contribution in [2.75, 3.05) is 6.61 Å². The largest absolute Gasteiger partial charge is 1.00 e. The Kier molecular flexibility index (Phi) is 5.77. The Balaban J connectivity index is 0.00000192. The van der Waals surface area contributed by atoms with Crippen LogP contribution in [0.15, 0.2) is 60.7 Å².